The average Bonchev–Trinajstić information content (AvgIpc) is 3.63. The first-order valence-corrected chi connectivity index (χ1v) is 13.9. The van der Waals surface area contributed by atoms with E-state index in [1.54, 1.807) is 0 Å². The number of aliphatic carboxylic acids is 1. The predicted molar refractivity (Wildman–Crippen MR) is 143 cm³/mol. The molecule has 7 nitrogen and oxygen atoms in total. The van der Waals surface area contributed by atoms with Gasteiger partial charge in [0.05, 0.1) is 18.4 Å². The maximum Gasteiger partial charge on any atom is 0.309 e. The third-order valence-electron chi connectivity index (χ3n) is 8.76. The summed E-state index contributed by atoms with van der Waals surface area (Å²) < 4.78 is 34.4. The van der Waals surface area contributed by atoms with Gasteiger partial charge in [-0.1, -0.05) is 5.16 Å². The standard InChI is InChI=1S/C30H35F2N3O4/c1-3-38-26-14-24(22-7-6-21(31)13-25(22)32)23(19-4-5-19)12-20(26)16-34-17-30(18-34)15-27(33-39-30)35-10-8-29(2,9-11-35)28(36)37/h6-7,12-14,19H,3-5,8-11,15-18H2,1-2H3,(H,36,37). The Balaban J connectivity index is 1.14. The number of oxime groups is 1. The topological polar surface area (TPSA) is 74.6 Å². The summed E-state index contributed by atoms with van der Waals surface area (Å²) in [5, 5.41) is 13.9. The van der Waals surface area contributed by atoms with Crippen molar-refractivity contribution < 1.29 is 28.3 Å². The van der Waals surface area contributed by atoms with Gasteiger partial charge in [-0.15, -0.1) is 0 Å². The van der Waals surface area contributed by atoms with Crippen LogP contribution in [-0.2, 0) is 16.2 Å². The molecule has 0 bridgehead atoms. The second kappa shape index (κ2) is 9.77. The van der Waals surface area contributed by atoms with Crippen LogP contribution in [0.3, 0.4) is 0 Å². The molecule has 2 aromatic carbocycles. The predicted octanol–water partition coefficient (Wildman–Crippen LogP) is 5.38. The summed E-state index contributed by atoms with van der Waals surface area (Å²) in [4.78, 5) is 22.0. The molecule has 2 saturated heterocycles. The summed E-state index contributed by atoms with van der Waals surface area (Å²) in [6.07, 6.45) is 4.05. The Kier molecular flexibility index (Phi) is 6.52. The number of amidine groups is 1. The van der Waals surface area contributed by atoms with Gasteiger partial charge in [0.1, 0.15) is 23.2 Å². The lowest BCUT2D eigenvalue weighted by molar-refractivity contribution is -0.150. The van der Waals surface area contributed by atoms with Crippen molar-refractivity contribution in [3.8, 4) is 16.9 Å². The highest BCUT2D eigenvalue weighted by Gasteiger charge is 2.51. The number of halogens is 2. The number of benzene rings is 2. The molecule has 0 unspecified atom stereocenters. The number of hydrogen-bond acceptors (Lipinski definition) is 6. The summed E-state index contributed by atoms with van der Waals surface area (Å²) in [5.41, 5.74) is 2.32. The highest BCUT2D eigenvalue weighted by atomic mass is 19.1. The van der Waals surface area contributed by atoms with Crippen molar-refractivity contribution >= 4 is 11.8 Å². The van der Waals surface area contributed by atoms with Gasteiger partial charge in [0.15, 0.2) is 5.60 Å². The van der Waals surface area contributed by atoms with Crippen LogP contribution >= 0.6 is 0 Å². The van der Waals surface area contributed by atoms with Crippen molar-refractivity contribution in [2.24, 2.45) is 10.6 Å². The number of ether oxygens (including phenoxy) is 1. The van der Waals surface area contributed by atoms with Crippen molar-refractivity contribution in [3.63, 3.8) is 0 Å². The Morgan fingerprint density at radius 3 is 2.54 bits per heavy atom. The summed E-state index contributed by atoms with van der Waals surface area (Å²) >= 11 is 0. The highest BCUT2D eigenvalue weighted by molar-refractivity contribution is 5.85. The first-order valence-electron chi connectivity index (χ1n) is 13.9. The first-order chi connectivity index (χ1) is 18.7. The van der Waals surface area contributed by atoms with Crippen LogP contribution in [0.5, 0.6) is 5.75 Å². The summed E-state index contributed by atoms with van der Waals surface area (Å²) in [6, 6.07) is 7.82. The molecular weight excluding hydrogens is 504 g/mol. The molecule has 0 radical (unpaired) electrons. The third kappa shape index (κ3) is 4.97. The van der Waals surface area contributed by atoms with E-state index in [1.165, 1.54) is 12.1 Å². The molecule has 0 atom stereocenters. The fourth-order valence-corrected chi connectivity index (χ4v) is 6.17. The van der Waals surface area contributed by atoms with Crippen LogP contribution in [0.4, 0.5) is 8.78 Å². The zero-order valence-corrected chi connectivity index (χ0v) is 22.5. The Hall–Kier alpha value is -3.20. The van der Waals surface area contributed by atoms with Gasteiger partial charge in [0, 0.05) is 49.9 Å². The minimum absolute atomic E-state index is 0.342. The molecule has 3 fully saturated rings. The van der Waals surface area contributed by atoms with Crippen molar-refractivity contribution in [3.05, 3.63) is 53.1 Å². The molecule has 0 amide bonds. The quantitative estimate of drug-likeness (QED) is 0.509. The van der Waals surface area contributed by atoms with E-state index >= 15 is 0 Å². The number of carboxylic acid groups (broad SMARTS) is 1. The van der Waals surface area contributed by atoms with Gasteiger partial charge < -0.3 is 19.6 Å². The van der Waals surface area contributed by atoms with E-state index in [1.807, 2.05) is 19.9 Å². The van der Waals surface area contributed by atoms with Crippen LogP contribution in [0.2, 0.25) is 0 Å². The van der Waals surface area contributed by atoms with Gasteiger partial charge in [0.2, 0.25) is 0 Å². The number of likely N-dealkylation sites (tertiary alicyclic amines) is 2. The molecule has 1 aliphatic carbocycles. The zero-order chi connectivity index (χ0) is 27.4. The van der Waals surface area contributed by atoms with E-state index in [0.29, 0.717) is 50.6 Å². The molecular formula is C30H35F2N3O4. The normalized spacial score (nSPS) is 21.8. The fourth-order valence-electron chi connectivity index (χ4n) is 6.17. The molecule has 6 rings (SSSR count). The molecule has 3 aliphatic heterocycles. The van der Waals surface area contributed by atoms with Gasteiger partial charge in [0.25, 0.3) is 0 Å². The van der Waals surface area contributed by atoms with Gasteiger partial charge in [-0.05, 0) is 80.8 Å². The maximum absolute atomic E-state index is 14.8. The summed E-state index contributed by atoms with van der Waals surface area (Å²) in [5.74, 6) is 0.137. The molecule has 9 heteroatoms. The van der Waals surface area contributed by atoms with Crippen molar-refractivity contribution in [2.75, 3.05) is 32.8 Å². The Bertz CT molecular complexity index is 1310. The van der Waals surface area contributed by atoms with E-state index in [2.05, 4.69) is 21.0 Å². The lowest BCUT2D eigenvalue weighted by atomic mass is 9.80. The second-order valence-electron chi connectivity index (χ2n) is 11.8. The molecule has 1 spiro atoms. The van der Waals surface area contributed by atoms with Crippen LogP contribution < -0.4 is 4.74 Å². The molecule has 3 heterocycles. The van der Waals surface area contributed by atoms with Crippen LogP contribution in [0.25, 0.3) is 11.1 Å². The Labute approximate surface area is 227 Å². The number of hydrogen-bond donors (Lipinski definition) is 1. The van der Waals surface area contributed by atoms with Gasteiger partial charge in [-0.2, -0.15) is 0 Å². The van der Waals surface area contributed by atoms with E-state index in [-0.39, 0.29) is 5.60 Å². The van der Waals surface area contributed by atoms with E-state index in [4.69, 9.17) is 9.57 Å². The largest absolute Gasteiger partial charge is 0.494 e. The molecule has 208 valence electrons. The first kappa shape index (κ1) is 26.0. The third-order valence-corrected chi connectivity index (χ3v) is 8.76. The summed E-state index contributed by atoms with van der Waals surface area (Å²) in [7, 11) is 0. The van der Waals surface area contributed by atoms with Crippen LogP contribution in [0.1, 0.15) is 63.0 Å². The fraction of sp³-hybridized carbons (Fsp3) is 0.533. The highest BCUT2D eigenvalue weighted by Crippen LogP contribution is 2.47. The van der Waals surface area contributed by atoms with E-state index in [0.717, 1.165) is 66.7 Å². The number of nitrogens with zero attached hydrogens (tertiary/aromatic N) is 3. The molecule has 39 heavy (non-hydrogen) atoms. The number of piperidine rings is 1. The minimum Gasteiger partial charge on any atom is -0.494 e. The van der Waals surface area contributed by atoms with Crippen LogP contribution in [0.15, 0.2) is 35.5 Å². The van der Waals surface area contributed by atoms with Gasteiger partial charge in [-0.25, -0.2) is 8.78 Å². The maximum atomic E-state index is 14.8. The zero-order valence-electron chi connectivity index (χ0n) is 22.5. The molecule has 2 aromatic rings. The monoisotopic (exact) mass is 539 g/mol. The Morgan fingerprint density at radius 1 is 1.15 bits per heavy atom. The molecule has 0 aromatic heterocycles. The lowest BCUT2D eigenvalue weighted by Gasteiger charge is -2.46. The summed E-state index contributed by atoms with van der Waals surface area (Å²) in [6.45, 7) is 7.74. The lowest BCUT2D eigenvalue weighted by Crippen LogP contribution is -2.61. The number of carboxylic acids is 1. The molecule has 1 N–H and O–H groups in total. The number of rotatable bonds is 7. The van der Waals surface area contributed by atoms with E-state index in [9.17, 15) is 18.7 Å². The second-order valence-corrected chi connectivity index (χ2v) is 11.8. The smallest absolute Gasteiger partial charge is 0.309 e. The van der Waals surface area contributed by atoms with E-state index < -0.39 is 23.0 Å². The van der Waals surface area contributed by atoms with Crippen molar-refractivity contribution in [2.45, 2.75) is 64.0 Å². The average molecular weight is 540 g/mol. The minimum atomic E-state index is -0.732. The van der Waals surface area contributed by atoms with Crippen LogP contribution in [0, 0.1) is 17.0 Å². The SMILES string of the molecule is CCOc1cc(-c2ccc(F)cc2F)c(C2CC2)cc1CN1CC2(CC(N3CCC(C)(C(=O)O)CC3)=NO2)C1. The molecule has 1 saturated carbocycles. The van der Waals surface area contributed by atoms with Crippen LogP contribution in [-0.4, -0.2) is 65.1 Å². The van der Waals surface area contributed by atoms with Crippen molar-refractivity contribution in [1.29, 1.82) is 0 Å². The van der Waals surface area contributed by atoms with Crippen molar-refractivity contribution in [1.82, 2.24) is 9.80 Å². The van der Waals surface area contributed by atoms with Gasteiger partial charge >= 0.3 is 5.97 Å². The number of carbonyl (C=O) groups is 1. The van der Waals surface area contributed by atoms with Gasteiger partial charge in [-0.3, -0.25) is 9.69 Å². The molecule has 4 aliphatic rings. The Morgan fingerprint density at radius 2 is 1.90 bits per heavy atom.